The number of ketones is 1. The zero-order valence-electron chi connectivity index (χ0n) is 11.9. The molecule has 0 saturated carbocycles. The fraction of sp³-hybridized carbons (Fsp3) is 0.118. The van der Waals surface area contributed by atoms with Crippen LogP contribution >= 0.6 is 0 Å². The second-order valence-electron chi connectivity index (χ2n) is 4.90. The van der Waals surface area contributed by atoms with Crippen LogP contribution in [0.1, 0.15) is 15.9 Å². The van der Waals surface area contributed by atoms with Gasteiger partial charge < -0.3 is 19.7 Å². The van der Waals surface area contributed by atoms with E-state index in [2.05, 4.69) is 0 Å². The standard InChI is InChI=1S/C17H14O5/c1-21-13-7-14(19)16-15(8-13)22-9-11(17(16)20)6-10-2-4-12(18)5-3-10/h2-8,18-19H,9H2,1H3. The summed E-state index contributed by atoms with van der Waals surface area (Å²) in [6.07, 6.45) is 1.67. The van der Waals surface area contributed by atoms with Gasteiger partial charge in [-0.2, -0.15) is 0 Å². The van der Waals surface area contributed by atoms with Gasteiger partial charge in [-0.15, -0.1) is 0 Å². The van der Waals surface area contributed by atoms with Crippen LogP contribution in [0, 0.1) is 0 Å². The molecular formula is C17H14O5. The molecule has 22 heavy (non-hydrogen) atoms. The molecule has 2 N–H and O–H groups in total. The van der Waals surface area contributed by atoms with Crippen LogP contribution in [0.4, 0.5) is 0 Å². The Morgan fingerprint density at radius 3 is 2.59 bits per heavy atom. The predicted octanol–water partition coefficient (Wildman–Crippen LogP) is 2.77. The quantitative estimate of drug-likeness (QED) is 0.834. The first-order valence-electron chi connectivity index (χ1n) is 6.66. The monoisotopic (exact) mass is 298 g/mol. The van der Waals surface area contributed by atoms with Gasteiger partial charge in [-0.1, -0.05) is 12.1 Å². The Labute approximate surface area is 127 Å². The van der Waals surface area contributed by atoms with Gasteiger partial charge in [0.25, 0.3) is 0 Å². The summed E-state index contributed by atoms with van der Waals surface area (Å²) in [6, 6.07) is 9.42. The van der Waals surface area contributed by atoms with Gasteiger partial charge in [-0.3, -0.25) is 4.79 Å². The van der Waals surface area contributed by atoms with Crippen LogP contribution in [0.5, 0.6) is 23.0 Å². The molecule has 0 saturated heterocycles. The lowest BCUT2D eigenvalue weighted by molar-refractivity contribution is 0.0997. The van der Waals surface area contributed by atoms with E-state index in [1.807, 2.05) is 0 Å². The second-order valence-corrected chi connectivity index (χ2v) is 4.90. The van der Waals surface area contributed by atoms with E-state index in [1.54, 1.807) is 24.3 Å². The van der Waals surface area contributed by atoms with Gasteiger partial charge >= 0.3 is 0 Å². The van der Waals surface area contributed by atoms with Crippen molar-refractivity contribution in [3.8, 4) is 23.0 Å². The third-order valence-corrected chi connectivity index (χ3v) is 3.43. The van der Waals surface area contributed by atoms with Crippen LogP contribution in [0.15, 0.2) is 42.0 Å². The smallest absolute Gasteiger partial charge is 0.199 e. The Kier molecular flexibility index (Phi) is 3.47. The number of Topliss-reactive ketones (excluding diaryl/α,β-unsaturated/α-hetero) is 1. The van der Waals surface area contributed by atoms with E-state index in [9.17, 15) is 15.0 Å². The molecule has 0 aliphatic carbocycles. The fourth-order valence-corrected chi connectivity index (χ4v) is 2.30. The first-order valence-corrected chi connectivity index (χ1v) is 6.66. The van der Waals surface area contributed by atoms with Gasteiger partial charge in [0, 0.05) is 17.7 Å². The second kappa shape index (κ2) is 5.44. The average Bonchev–Trinajstić information content (AvgIpc) is 2.51. The number of hydrogen-bond acceptors (Lipinski definition) is 5. The summed E-state index contributed by atoms with van der Waals surface area (Å²) in [4.78, 5) is 12.5. The lowest BCUT2D eigenvalue weighted by Crippen LogP contribution is -2.19. The number of phenols is 2. The number of benzene rings is 2. The van der Waals surface area contributed by atoms with E-state index in [4.69, 9.17) is 9.47 Å². The molecule has 0 atom stereocenters. The molecule has 3 rings (SSSR count). The molecule has 0 aromatic heterocycles. The van der Waals surface area contributed by atoms with Crippen molar-refractivity contribution in [2.45, 2.75) is 0 Å². The van der Waals surface area contributed by atoms with Gasteiger partial charge in [0.05, 0.1) is 7.11 Å². The number of carbonyl (C=O) groups is 1. The fourth-order valence-electron chi connectivity index (χ4n) is 2.30. The lowest BCUT2D eigenvalue weighted by atomic mass is 9.97. The van der Waals surface area contributed by atoms with Crippen molar-refractivity contribution >= 4 is 11.9 Å². The lowest BCUT2D eigenvalue weighted by Gasteiger charge is -2.20. The number of phenolic OH excluding ortho intramolecular Hbond substituents is 2. The van der Waals surface area contributed by atoms with Crippen molar-refractivity contribution in [1.29, 1.82) is 0 Å². The Balaban J connectivity index is 1.99. The van der Waals surface area contributed by atoms with Crippen LogP contribution < -0.4 is 9.47 Å². The van der Waals surface area contributed by atoms with Crippen molar-refractivity contribution in [2.24, 2.45) is 0 Å². The van der Waals surface area contributed by atoms with E-state index in [0.717, 1.165) is 5.56 Å². The van der Waals surface area contributed by atoms with Crippen molar-refractivity contribution < 1.29 is 24.5 Å². The SMILES string of the molecule is COc1cc(O)c2c(c1)OCC(=Cc1ccc(O)cc1)C2=O. The maximum absolute atomic E-state index is 12.5. The highest BCUT2D eigenvalue weighted by molar-refractivity contribution is 6.15. The molecule has 1 heterocycles. The number of hydrogen-bond donors (Lipinski definition) is 2. The normalized spacial score (nSPS) is 15.3. The molecule has 0 fully saturated rings. The van der Waals surface area contributed by atoms with Gasteiger partial charge in [0.1, 0.15) is 35.2 Å². The van der Waals surface area contributed by atoms with Gasteiger partial charge in [-0.25, -0.2) is 0 Å². The number of fused-ring (bicyclic) bond motifs is 1. The molecule has 1 aliphatic heterocycles. The van der Waals surface area contributed by atoms with Gasteiger partial charge in [0.15, 0.2) is 5.78 Å². The van der Waals surface area contributed by atoms with Crippen molar-refractivity contribution in [2.75, 3.05) is 13.7 Å². The Hall–Kier alpha value is -2.95. The minimum atomic E-state index is -0.283. The Morgan fingerprint density at radius 2 is 1.91 bits per heavy atom. The largest absolute Gasteiger partial charge is 0.508 e. The molecular weight excluding hydrogens is 284 g/mol. The summed E-state index contributed by atoms with van der Waals surface area (Å²) in [5.74, 6) is 0.438. The number of methoxy groups -OCH3 is 1. The molecule has 0 bridgehead atoms. The Morgan fingerprint density at radius 1 is 1.18 bits per heavy atom. The van der Waals surface area contributed by atoms with Crippen LogP contribution in [0.25, 0.3) is 6.08 Å². The van der Waals surface area contributed by atoms with Crippen LogP contribution in [-0.2, 0) is 0 Å². The molecule has 112 valence electrons. The van der Waals surface area contributed by atoms with Crippen molar-refractivity contribution in [3.05, 3.63) is 53.1 Å². The van der Waals surface area contributed by atoms with E-state index >= 15 is 0 Å². The maximum atomic E-state index is 12.5. The van der Waals surface area contributed by atoms with Crippen LogP contribution in [0.3, 0.4) is 0 Å². The molecule has 2 aromatic carbocycles. The topological polar surface area (TPSA) is 76.0 Å². The summed E-state index contributed by atoms with van der Waals surface area (Å²) in [5.41, 5.74) is 1.33. The summed E-state index contributed by atoms with van der Waals surface area (Å²) in [5, 5.41) is 19.3. The third kappa shape index (κ3) is 2.48. The minimum Gasteiger partial charge on any atom is -0.508 e. The number of ether oxygens (including phenoxy) is 2. The third-order valence-electron chi connectivity index (χ3n) is 3.43. The molecule has 1 aliphatic rings. The first-order chi connectivity index (χ1) is 10.6. The summed E-state index contributed by atoms with van der Waals surface area (Å²) in [6.45, 7) is 0.110. The van der Waals surface area contributed by atoms with E-state index < -0.39 is 0 Å². The molecule has 5 nitrogen and oxygen atoms in total. The van der Waals surface area contributed by atoms with Crippen molar-refractivity contribution in [3.63, 3.8) is 0 Å². The molecule has 0 amide bonds. The highest BCUT2D eigenvalue weighted by Crippen LogP contribution is 2.38. The molecule has 0 radical (unpaired) electrons. The predicted molar refractivity (Wildman–Crippen MR) is 80.6 cm³/mol. The van der Waals surface area contributed by atoms with E-state index in [-0.39, 0.29) is 29.5 Å². The van der Waals surface area contributed by atoms with Crippen molar-refractivity contribution in [1.82, 2.24) is 0 Å². The van der Waals surface area contributed by atoms with Crippen LogP contribution in [0.2, 0.25) is 0 Å². The summed E-state index contributed by atoms with van der Waals surface area (Å²) >= 11 is 0. The highest BCUT2D eigenvalue weighted by Gasteiger charge is 2.27. The minimum absolute atomic E-state index is 0.110. The average molecular weight is 298 g/mol. The Bertz CT molecular complexity index is 759. The summed E-state index contributed by atoms with van der Waals surface area (Å²) < 4.78 is 10.6. The zero-order chi connectivity index (χ0) is 15.7. The number of aromatic hydroxyl groups is 2. The number of carbonyl (C=O) groups excluding carboxylic acids is 1. The molecule has 0 unspecified atom stereocenters. The molecule has 5 heteroatoms. The van der Waals surface area contributed by atoms with E-state index in [1.165, 1.54) is 25.3 Å². The first kappa shape index (κ1) is 14.0. The molecule has 2 aromatic rings. The molecule has 0 spiro atoms. The highest BCUT2D eigenvalue weighted by atomic mass is 16.5. The van der Waals surface area contributed by atoms with Gasteiger partial charge in [0.2, 0.25) is 0 Å². The zero-order valence-corrected chi connectivity index (χ0v) is 11.9. The van der Waals surface area contributed by atoms with E-state index in [0.29, 0.717) is 17.1 Å². The van der Waals surface area contributed by atoms with Gasteiger partial charge in [-0.05, 0) is 23.8 Å². The maximum Gasteiger partial charge on any atom is 0.199 e. The summed E-state index contributed by atoms with van der Waals surface area (Å²) in [7, 11) is 1.47. The van der Waals surface area contributed by atoms with Crippen LogP contribution in [-0.4, -0.2) is 29.7 Å². The number of rotatable bonds is 2.